The van der Waals surface area contributed by atoms with Crippen molar-refractivity contribution in [3.05, 3.63) is 70.8 Å². The van der Waals surface area contributed by atoms with Gasteiger partial charge in [-0.05, 0) is 48.8 Å². The summed E-state index contributed by atoms with van der Waals surface area (Å²) in [4.78, 5) is 0. The molecule has 1 atom stereocenters. The van der Waals surface area contributed by atoms with Crippen molar-refractivity contribution in [2.24, 2.45) is 5.73 Å². The maximum absolute atomic E-state index is 6.29. The molecular weight excluding hydrogens is 254 g/mol. The van der Waals surface area contributed by atoms with E-state index in [1.54, 1.807) is 0 Å². The molecule has 0 heterocycles. The van der Waals surface area contributed by atoms with E-state index in [1.807, 2.05) is 0 Å². The van der Waals surface area contributed by atoms with Crippen molar-refractivity contribution < 1.29 is 0 Å². The van der Waals surface area contributed by atoms with Crippen molar-refractivity contribution in [2.75, 3.05) is 0 Å². The topological polar surface area (TPSA) is 26.0 Å². The van der Waals surface area contributed by atoms with Gasteiger partial charge < -0.3 is 5.73 Å². The molecule has 0 amide bonds. The van der Waals surface area contributed by atoms with E-state index in [4.69, 9.17) is 5.73 Å². The summed E-state index contributed by atoms with van der Waals surface area (Å²) in [7, 11) is 0. The summed E-state index contributed by atoms with van der Waals surface area (Å²) in [5.41, 5.74) is 11.7. The van der Waals surface area contributed by atoms with Gasteiger partial charge in [0, 0.05) is 6.04 Å². The quantitative estimate of drug-likeness (QED) is 0.821. The van der Waals surface area contributed by atoms with Crippen LogP contribution in [0, 0.1) is 6.92 Å². The van der Waals surface area contributed by atoms with Gasteiger partial charge in [0.05, 0.1) is 0 Å². The van der Waals surface area contributed by atoms with Gasteiger partial charge in [-0.3, -0.25) is 0 Å². The molecule has 0 saturated carbocycles. The summed E-state index contributed by atoms with van der Waals surface area (Å²) in [5.74, 6) is 0.592. The zero-order valence-electron chi connectivity index (χ0n) is 13.5. The average molecular weight is 281 g/mol. The van der Waals surface area contributed by atoms with E-state index in [0.29, 0.717) is 5.92 Å². The number of nitrogens with two attached hydrogens (primary N) is 1. The average Bonchev–Trinajstić information content (AvgIpc) is 2.46. The maximum atomic E-state index is 6.29. The lowest BCUT2D eigenvalue weighted by Gasteiger charge is -2.13. The summed E-state index contributed by atoms with van der Waals surface area (Å²) in [6.07, 6.45) is 3.06. The third-order valence-corrected chi connectivity index (χ3v) is 4.03. The summed E-state index contributed by atoms with van der Waals surface area (Å²) < 4.78 is 0. The molecule has 2 aromatic carbocycles. The minimum Gasteiger partial charge on any atom is -0.327 e. The number of benzene rings is 2. The maximum Gasteiger partial charge on any atom is 0.00824 e. The normalized spacial score (nSPS) is 12.6. The Hall–Kier alpha value is -1.60. The Morgan fingerprint density at radius 3 is 2.29 bits per heavy atom. The zero-order valence-corrected chi connectivity index (χ0v) is 13.5. The van der Waals surface area contributed by atoms with Gasteiger partial charge >= 0.3 is 0 Å². The first-order chi connectivity index (χ1) is 10.0. The van der Waals surface area contributed by atoms with Crippen LogP contribution in [-0.2, 0) is 12.8 Å². The molecule has 21 heavy (non-hydrogen) atoms. The van der Waals surface area contributed by atoms with Gasteiger partial charge in [0.1, 0.15) is 0 Å². The van der Waals surface area contributed by atoms with Crippen LogP contribution < -0.4 is 5.73 Å². The third-order valence-electron chi connectivity index (χ3n) is 4.03. The van der Waals surface area contributed by atoms with Crippen molar-refractivity contribution in [1.29, 1.82) is 0 Å². The van der Waals surface area contributed by atoms with Crippen molar-refractivity contribution in [2.45, 2.75) is 52.0 Å². The molecule has 2 N–H and O–H groups in total. The number of hydrogen-bond donors (Lipinski definition) is 1. The standard InChI is InChI=1S/C20H27N/c1-15(2)19-10-7-18(8-11-19)14-20(21)12-9-17-6-4-5-16(3)13-17/h4-8,10-11,13,15,20H,9,12,14,21H2,1-3H3. The summed E-state index contributed by atoms with van der Waals surface area (Å²) in [6.45, 7) is 6.59. The minimum atomic E-state index is 0.232. The smallest absolute Gasteiger partial charge is 0.00824 e. The molecule has 0 aliphatic carbocycles. The Labute approximate surface area is 129 Å². The Kier molecular flexibility index (Phi) is 5.58. The largest absolute Gasteiger partial charge is 0.327 e. The Balaban J connectivity index is 1.85. The highest BCUT2D eigenvalue weighted by Gasteiger charge is 2.06. The fourth-order valence-electron chi connectivity index (χ4n) is 2.66. The lowest BCUT2D eigenvalue weighted by atomic mass is 9.96. The predicted molar refractivity (Wildman–Crippen MR) is 91.7 cm³/mol. The van der Waals surface area contributed by atoms with Crippen LogP contribution in [0.3, 0.4) is 0 Å². The van der Waals surface area contributed by atoms with Crippen molar-refractivity contribution in [3.8, 4) is 0 Å². The van der Waals surface area contributed by atoms with E-state index < -0.39 is 0 Å². The van der Waals surface area contributed by atoms with Crippen LogP contribution in [-0.4, -0.2) is 6.04 Å². The highest BCUT2D eigenvalue weighted by Crippen LogP contribution is 2.16. The molecule has 0 spiro atoms. The fraction of sp³-hybridized carbons (Fsp3) is 0.400. The molecule has 0 saturated heterocycles. The molecule has 0 bridgehead atoms. The van der Waals surface area contributed by atoms with E-state index in [-0.39, 0.29) is 6.04 Å². The summed E-state index contributed by atoms with van der Waals surface area (Å²) in [6, 6.07) is 17.8. The summed E-state index contributed by atoms with van der Waals surface area (Å²) >= 11 is 0. The molecular formula is C20H27N. The number of rotatable bonds is 6. The van der Waals surface area contributed by atoms with E-state index in [2.05, 4.69) is 69.3 Å². The van der Waals surface area contributed by atoms with Gasteiger partial charge in [-0.2, -0.15) is 0 Å². The lowest BCUT2D eigenvalue weighted by molar-refractivity contribution is 0.610. The van der Waals surface area contributed by atoms with Crippen LogP contribution in [0.2, 0.25) is 0 Å². The highest BCUT2D eigenvalue weighted by molar-refractivity contribution is 5.25. The SMILES string of the molecule is Cc1cccc(CCC(N)Cc2ccc(C(C)C)cc2)c1. The molecule has 1 heteroatoms. The van der Waals surface area contributed by atoms with Crippen LogP contribution >= 0.6 is 0 Å². The second-order valence-electron chi connectivity index (χ2n) is 6.39. The van der Waals surface area contributed by atoms with Gasteiger partial charge in [0.2, 0.25) is 0 Å². The Morgan fingerprint density at radius 1 is 0.952 bits per heavy atom. The molecule has 0 aromatic heterocycles. The Morgan fingerprint density at radius 2 is 1.67 bits per heavy atom. The first-order valence-corrected chi connectivity index (χ1v) is 7.94. The first-order valence-electron chi connectivity index (χ1n) is 7.94. The predicted octanol–water partition coefficient (Wildman–Crippen LogP) is 4.62. The number of hydrogen-bond acceptors (Lipinski definition) is 1. The van der Waals surface area contributed by atoms with Gasteiger partial charge in [0.25, 0.3) is 0 Å². The minimum absolute atomic E-state index is 0.232. The van der Waals surface area contributed by atoms with Crippen molar-refractivity contribution in [1.82, 2.24) is 0 Å². The van der Waals surface area contributed by atoms with Gasteiger partial charge in [0.15, 0.2) is 0 Å². The molecule has 1 nitrogen and oxygen atoms in total. The van der Waals surface area contributed by atoms with E-state index in [0.717, 1.165) is 19.3 Å². The molecule has 0 aliphatic heterocycles. The molecule has 0 fully saturated rings. The second kappa shape index (κ2) is 7.42. The molecule has 0 aliphatic rings. The zero-order chi connectivity index (χ0) is 15.2. The van der Waals surface area contributed by atoms with Crippen LogP contribution in [0.15, 0.2) is 48.5 Å². The third kappa shape index (κ3) is 5.02. The van der Waals surface area contributed by atoms with Crippen LogP contribution in [0.1, 0.15) is 48.4 Å². The van der Waals surface area contributed by atoms with Crippen molar-refractivity contribution in [3.63, 3.8) is 0 Å². The summed E-state index contributed by atoms with van der Waals surface area (Å²) in [5, 5.41) is 0. The van der Waals surface area contributed by atoms with Crippen LogP contribution in [0.25, 0.3) is 0 Å². The van der Waals surface area contributed by atoms with E-state index in [9.17, 15) is 0 Å². The van der Waals surface area contributed by atoms with E-state index >= 15 is 0 Å². The molecule has 2 aromatic rings. The second-order valence-corrected chi connectivity index (χ2v) is 6.39. The van der Waals surface area contributed by atoms with Crippen LogP contribution in [0.4, 0.5) is 0 Å². The van der Waals surface area contributed by atoms with Gasteiger partial charge in [-0.15, -0.1) is 0 Å². The number of aryl methyl sites for hydroxylation is 2. The van der Waals surface area contributed by atoms with Crippen LogP contribution in [0.5, 0.6) is 0 Å². The molecule has 1 unspecified atom stereocenters. The van der Waals surface area contributed by atoms with E-state index in [1.165, 1.54) is 22.3 Å². The molecule has 0 radical (unpaired) electrons. The lowest BCUT2D eigenvalue weighted by Crippen LogP contribution is -2.23. The highest BCUT2D eigenvalue weighted by atomic mass is 14.6. The van der Waals surface area contributed by atoms with Crippen molar-refractivity contribution >= 4 is 0 Å². The van der Waals surface area contributed by atoms with Gasteiger partial charge in [-0.1, -0.05) is 67.9 Å². The molecule has 2 rings (SSSR count). The Bertz CT molecular complexity index is 554. The fourth-order valence-corrected chi connectivity index (χ4v) is 2.66. The molecule has 112 valence electrons. The first kappa shape index (κ1) is 15.8. The van der Waals surface area contributed by atoms with Gasteiger partial charge in [-0.25, -0.2) is 0 Å². The monoisotopic (exact) mass is 281 g/mol.